The standard InChI is InChI=1S/C12H16N2O3/c1-17-12-8-9(2-3-11(12)13-16)14-6-4-10(15)5-7-14/h2-3,8,10,15H,4-7H2,1H3. The molecule has 5 heteroatoms. The van der Waals surface area contributed by atoms with Crippen LogP contribution in [0.5, 0.6) is 5.75 Å². The molecule has 1 heterocycles. The van der Waals surface area contributed by atoms with Gasteiger partial charge in [0.05, 0.1) is 13.2 Å². The van der Waals surface area contributed by atoms with Crippen molar-refractivity contribution in [2.75, 3.05) is 25.1 Å². The quantitative estimate of drug-likeness (QED) is 0.816. The summed E-state index contributed by atoms with van der Waals surface area (Å²) in [6, 6.07) is 5.33. The predicted molar refractivity (Wildman–Crippen MR) is 65.9 cm³/mol. The van der Waals surface area contributed by atoms with E-state index < -0.39 is 0 Å². The molecule has 0 saturated carbocycles. The number of nitroso groups, excluding NO2 is 1. The minimum absolute atomic E-state index is 0.191. The molecular weight excluding hydrogens is 220 g/mol. The van der Waals surface area contributed by atoms with Crippen LogP contribution in [0, 0.1) is 4.91 Å². The highest BCUT2D eigenvalue weighted by Gasteiger charge is 2.18. The molecule has 1 aliphatic rings. The highest BCUT2D eigenvalue weighted by atomic mass is 16.5. The first kappa shape index (κ1) is 11.9. The summed E-state index contributed by atoms with van der Waals surface area (Å²) in [7, 11) is 1.52. The molecule has 1 N–H and O–H groups in total. The summed E-state index contributed by atoms with van der Waals surface area (Å²) in [5.41, 5.74) is 1.31. The molecule has 2 rings (SSSR count). The molecule has 92 valence electrons. The van der Waals surface area contributed by atoms with Gasteiger partial charge in [-0.15, -0.1) is 4.91 Å². The van der Waals surface area contributed by atoms with Crippen molar-refractivity contribution in [3.8, 4) is 5.75 Å². The number of anilines is 1. The van der Waals surface area contributed by atoms with E-state index in [9.17, 15) is 10.0 Å². The van der Waals surface area contributed by atoms with Crippen molar-refractivity contribution in [1.29, 1.82) is 0 Å². The van der Waals surface area contributed by atoms with Gasteiger partial charge in [0, 0.05) is 24.8 Å². The van der Waals surface area contributed by atoms with E-state index in [4.69, 9.17) is 4.74 Å². The zero-order valence-electron chi connectivity index (χ0n) is 9.80. The van der Waals surface area contributed by atoms with Gasteiger partial charge in [-0.25, -0.2) is 0 Å². The molecule has 0 atom stereocenters. The molecule has 1 aliphatic heterocycles. The molecule has 1 fully saturated rings. The van der Waals surface area contributed by atoms with E-state index in [0.717, 1.165) is 31.6 Å². The lowest BCUT2D eigenvalue weighted by atomic mass is 10.1. The van der Waals surface area contributed by atoms with E-state index in [-0.39, 0.29) is 6.10 Å². The van der Waals surface area contributed by atoms with Crippen LogP contribution < -0.4 is 9.64 Å². The second-order valence-corrected chi connectivity index (χ2v) is 4.17. The van der Waals surface area contributed by atoms with E-state index in [0.29, 0.717) is 11.4 Å². The fourth-order valence-corrected chi connectivity index (χ4v) is 2.06. The topological polar surface area (TPSA) is 62.1 Å². The minimum Gasteiger partial charge on any atom is -0.494 e. The van der Waals surface area contributed by atoms with E-state index in [2.05, 4.69) is 10.1 Å². The molecule has 0 aromatic heterocycles. The molecular formula is C12H16N2O3. The third-order valence-corrected chi connectivity index (χ3v) is 3.09. The van der Waals surface area contributed by atoms with Crippen LogP contribution in [-0.4, -0.2) is 31.4 Å². The lowest BCUT2D eigenvalue weighted by Crippen LogP contribution is -2.35. The van der Waals surface area contributed by atoms with Crippen molar-refractivity contribution in [3.63, 3.8) is 0 Å². The van der Waals surface area contributed by atoms with Crippen molar-refractivity contribution in [2.45, 2.75) is 18.9 Å². The average molecular weight is 236 g/mol. The van der Waals surface area contributed by atoms with Gasteiger partial charge in [0.1, 0.15) is 11.4 Å². The second-order valence-electron chi connectivity index (χ2n) is 4.17. The van der Waals surface area contributed by atoms with Crippen molar-refractivity contribution in [3.05, 3.63) is 23.1 Å². The number of aliphatic hydroxyl groups excluding tert-OH is 1. The fraction of sp³-hybridized carbons (Fsp3) is 0.500. The van der Waals surface area contributed by atoms with Gasteiger partial charge < -0.3 is 14.7 Å². The van der Waals surface area contributed by atoms with Crippen LogP contribution in [0.25, 0.3) is 0 Å². The SMILES string of the molecule is COc1cc(N2CCC(O)CC2)ccc1N=O. The Bertz CT molecular complexity index is 401. The minimum atomic E-state index is -0.191. The largest absolute Gasteiger partial charge is 0.494 e. The van der Waals surface area contributed by atoms with E-state index >= 15 is 0 Å². The summed E-state index contributed by atoms with van der Waals surface area (Å²) in [6.45, 7) is 1.64. The molecule has 5 nitrogen and oxygen atoms in total. The summed E-state index contributed by atoms with van der Waals surface area (Å²) >= 11 is 0. The number of piperidine rings is 1. The first-order valence-corrected chi connectivity index (χ1v) is 5.69. The van der Waals surface area contributed by atoms with Crippen LogP contribution >= 0.6 is 0 Å². The molecule has 0 bridgehead atoms. The van der Waals surface area contributed by atoms with Crippen molar-refractivity contribution >= 4 is 11.4 Å². The molecule has 0 unspecified atom stereocenters. The lowest BCUT2D eigenvalue weighted by molar-refractivity contribution is 0.145. The summed E-state index contributed by atoms with van der Waals surface area (Å²) in [5, 5.41) is 12.4. The zero-order valence-corrected chi connectivity index (χ0v) is 9.80. The van der Waals surface area contributed by atoms with Gasteiger partial charge in [0.2, 0.25) is 0 Å². The Morgan fingerprint density at radius 2 is 2.12 bits per heavy atom. The number of nitrogens with zero attached hydrogens (tertiary/aromatic N) is 2. The number of methoxy groups -OCH3 is 1. The maximum atomic E-state index is 10.5. The van der Waals surface area contributed by atoms with Gasteiger partial charge in [0.15, 0.2) is 0 Å². The highest BCUT2D eigenvalue weighted by molar-refractivity contribution is 5.62. The van der Waals surface area contributed by atoms with Crippen molar-refractivity contribution in [1.82, 2.24) is 0 Å². The number of hydrogen-bond acceptors (Lipinski definition) is 5. The third kappa shape index (κ3) is 2.55. The Morgan fingerprint density at radius 3 is 2.71 bits per heavy atom. The van der Waals surface area contributed by atoms with Crippen LogP contribution in [-0.2, 0) is 0 Å². The highest BCUT2D eigenvalue weighted by Crippen LogP contribution is 2.32. The first-order valence-electron chi connectivity index (χ1n) is 5.69. The lowest BCUT2D eigenvalue weighted by Gasteiger charge is -2.31. The van der Waals surface area contributed by atoms with Crippen LogP contribution in [0.1, 0.15) is 12.8 Å². The van der Waals surface area contributed by atoms with Gasteiger partial charge in [-0.1, -0.05) is 0 Å². The summed E-state index contributed by atoms with van der Waals surface area (Å²) in [5.74, 6) is 0.489. The third-order valence-electron chi connectivity index (χ3n) is 3.09. The summed E-state index contributed by atoms with van der Waals surface area (Å²) in [4.78, 5) is 12.7. The summed E-state index contributed by atoms with van der Waals surface area (Å²) < 4.78 is 5.12. The Balaban J connectivity index is 2.18. The van der Waals surface area contributed by atoms with E-state index in [1.807, 2.05) is 12.1 Å². The summed E-state index contributed by atoms with van der Waals surface area (Å²) in [6.07, 6.45) is 1.36. The molecule has 1 aromatic rings. The predicted octanol–water partition coefficient (Wildman–Crippen LogP) is 2.05. The van der Waals surface area contributed by atoms with Crippen molar-refractivity contribution in [2.24, 2.45) is 5.18 Å². The maximum absolute atomic E-state index is 10.5. The zero-order chi connectivity index (χ0) is 12.3. The van der Waals surface area contributed by atoms with Gasteiger partial charge in [0.25, 0.3) is 0 Å². The maximum Gasteiger partial charge on any atom is 0.150 e. The first-order chi connectivity index (χ1) is 8.24. The number of hydrogen-bond donors (Lipinski definition) is 1. The van der Waals surface area contributed by atoms with Gasteiger partial charge >= 0.3 is 0 Å². The number of aliphatic hydroxyl groups is 1. The Hall–Kier alpha value is -1.62. The van der Waals surface area contributed by atoms with Gasteiger partial charge in [-0.3, -0.25) is 0 Å². The van der Waals surface area contributed by atoms with Crippen LogP contribution in [0.3, 0.4) is 0 Å². The fourth-order valence-electron chi connectivity index (χ4n) is 2.06. The monoisotopic (exact) mass is 236 g/mol. The molecule has 1 saturated heterocycles. The number of rotatable bonds is 3. The number of benzene rings is 1. The molecule has 0 spiro atoms. The van der Waals surface area contributed by atoms with Crippen LogP contribution in [0.2, 0.25) is 0 Å². The molecule has 1 aromatic carbocycles. The average Bonchev–Trinajstić information content (AvgIpc) is 2.39. The van der Waals surface area contributed by atoms with Gasteiger partial charge in [-0.05, 0) is 30.2 Å². The Labute approximate surface area is 100.0 Å². The molecule has 0 aliphatic carbocycles. The number of ether oxygens (including phenoxy) is 1. The van der Waals surface area contributed by atoms with Gasteiger partial charge in [-0.2, -0.15) is 0 Å². The van der Waals surface area contributed by atoms with Crippen LogP contribution in [0.15, 0.2) is 23.4 Å². The molecule has 0 amide bonds. The second kappa shape index (κ2) is 5.14. The Kier molecular flexibility index (Phi) is 3.58. The molecule has 0 radical (unpaired) electrons. The van der Waals surface area contributed by atoms with E-state index in [1.54, 1.807) is 6.07 Å². The van der Waals surface area contributed by atoms with Crippen LogP contribution in [0.4, 0.5) is 11.4 Å². The van der Waals surface area contributed by atoms with Crippen molar-refractivity contribution < 1.29 is 9.84 Å². The molecule has 17 heavy (non-hydrogen) atoms. The Morgan fingerprint density at radius 1 is 1.41 bits per heavy atom. The smallest absolute Gasteiger partial charge is 0.150 e. The van der Waals surface area contributed by atoms with E-state index in [1.165, 1.54) is 7.11 Å². The normalized spacial score (nSPS) is 16.9.